The number of methoxy groups -OCH3 is 2. The molecule has 12 aromatic rings. The zero-order valence-corrected chi connectivity index (χ0v) is 71.4. The van der Waals surface area contributed by atoms with Crippen molar-refractivity contribution in [3.8, 4) is 11.5 Å². The first-order valence-electron chi connectivity index (χ1n) is 33.6. The fourth-order valence-corrected chi connectivity index (χ4v) is 16.4. The van der Waals surface area contributed by atoms with Gasteiger partial charge in [-0.05, 0) is 202 Å². The maximum atomic E-state index is 14.4. The Labute approximate surface area is 719 Å². The van der Waals surface area contributed by atoms with Crippen molar-refractivity contribution in [3.63, 3.8) is 0 Å². The average Bonchev–Trinajstić information content (AvgIpc) is 0.795. The standard InChI is InChI=1S/C21H18ClFN2O4S.C20H15Cl2FN2O4S.C19H12Cl3FN2O3S.C19H13Cl2N3O5S/c1-12-9-17(25-30(27,28)14-7-8-15(22)13(2)10-14)20(24-11-12)21(26)19-16(23)5-4-6-18(19)29-3;1-11-8-13(6-7-14(11)22)30(27,28)25-16-9-12(21)10-24-19(16)20(26)18-15(23)4-3-5-17(18)29-2;1-10-7-12(5-6-13(10)21)29(27,28)25-16-8-11(20)9-24-18(16)19(26)17-14(22)3-2-4-15(17)23;1-11-8-13(6-7-15(11)21)30(28,29)23-16-9-12(20)10-22-18(16)19(25)14-4-2-3-5-17(14)24(26)27/h4-11,25H,1-3H3;3-10,25H,1-2H3;2-9,25H,1H3;2-10,23H,1H3. The van der Waals surface area contributed by atoms with E-state index in [4.69, 9.17) is 102 Å². The van der Waals surface area contributed by atoms with Crippen molar-refractivity contribution in [2.24, 2.45) is 0 Å². The van der Waals surface area contributed by atoms with Crippen LogP contribution in [0.5, 0.6) is 11.5 Å². The van der Waals surface area contributed by atoms with Gasteiger partial charge in [-0.25, -0.2) is 61.8 Å². The summed E-state index contributed by atoms with van der Waals surface area (Å²) < 4.78 is 165. The van der Waals surface area contributed by atoms with E-state index in [1.807, 2.05) is 0 Å². The number of para-hydroxylation sites is 1. The van der Waals surface area contributed by atoms with Gasteiger partial charge in [0.25, 0.3) is 45.8 Å². The third-order valence-corrected chi connectivity index (χ3v) is 24.6. The van der Waals surface area contributed by atoms with Gasteiger partial charge in [0.2, 0.25) is 23.1 Å². The van der Waals surface area contributed by atoms with Crippen LogP contribution in [0.25, 0.3) is 0 Å². The van der Waals surface area contributed by atoms with E-state index in [0.717, 1.165) is 36.8 Å². The van der Waals surface area contributed by atoms with E-state index < -0.39 is 96.9 Å². The first-order valence-corrected chi connectivity index (χ1v) is 42.5. The van der Waals surface area contributed by atoms with E-state index in [9.17, 15) is 76.1 Å². The smallest absolute Gasteiger partial charge is 0.280 e. The number of anilines is 4. The number of ketones is 4. The van der Waals surface area contributed by atoms with Crippen LogP contribution in [0.4, 0.5) is 41.6 Å². The van der Waals surface area contributed by atoms with E-state index in [2.05, 4.69) is 38.8 Å². The third-order valence-electron chi connectivity index (χ3n) is 16.6. The second kappa shape index (κ2) is 38.9. The van der Waals surface area contributed by atoms with Gasteiger partial charge in [-0.15, -0.1) is 0 Å². The second-order valence-corrected chi connectivity index (χ2v) is 35.0. The van der Waals surface area contributed by atoms with Crippen molar-refractivity contribution in [1.82, 2.24) is 19.9 Å². The fourth-order valence-electron chi connectivity index (χ4n) is 10.7. The molecule has 4 heterocycles. The van der Waals surface area contributed by atoms with Crippen LogP contribution in [0.15, 0.2) is 220 Å². The quantitative estimate of drug-likeness (QED) is 0.0262. The number of aryl methyl sites for hydroxylation is 5. The topological polar surface area (TPSA) is 366 Å². The number of aromatic nitrogens is 4. The Bertz CT molecular complexity index is 6360. The van der Waals surface area contributed by atoms with Crippen LogP contribution in [0.1, 0.15) is 92.0 Å². The molecule has 4 N–H and O–H groups in total. The van der Waals surface area contributed by atoms with Gasteiger partial charge in [-0.2, -0.15) is 0 Å². The number of carbonyl (C=O) groups is 4. The van der Waals surface area contributed by atoms with Crippen LogP contribution in [0, 0.1) is 62.2 Å². The molecule has 0 saturated heterocycles. The first kappa shape index (κ1) is 92.0. The highest BCUT2D eigenvalue weighted by atomic mass is 35.5. The molecule has 616 valence electrons. The van der Waals surface area contributed by atoms with E-state index in [0.29, 0.717) is 47.9 Å². The van der Waals surface area contributed by atoms with Crippen molar-refractivity contribution in [2.45, 2.75) is 54.2 Å². The zero-order chi connectivity index (χ0) is 87.5. The maximum Gasteiger partial charge on any atom is 0.280 e. The number of halogens is 11. The number of ether oxygens (including phenoxy) is 2. The van der Waals surface area contributed by atoms with E-state index in [1.54, 1.807) is 34.6 Å². The molecule has 0 amide bonds. The van der Waals surface area contributed by atoms with Gasteiger partial charge in [0.15, 0.2) is 0 Å². The van der Waals surface area contributed by atoms with Crippen molar-refractivity contribution in [3.05, 3.63) is 341 Å². The molecule has 0 aliphatic heterocycles. The summed E-state index contributed by atoms with van der Waals surface area (Å²) >= 11 is 47.6. The van der Waals surface area contributed by atoms with Crippen LogP contribution in [-0.4, -0.2) is 95.9 Å². The summed E-state index contributed by atoms with van der Waals surface area (Å²) in [6.45, 7) is 8.31. The monoisotopic (exact) mass is 1850 g/mol. The number of rotatable bonds is 23. The Morgan fingerprint density at radius 2 is 0.655 bits per heavy atom. The summed E-state index contributed by atoms with van der Waals surface area (Å²) in [6, 6.07) is 38.6. The van der Waals surface area contributed by atoms with Crippen molar-refractivity contribution in [2.75, 3.05) is 33.1 Å². The Kier molecular flexibility index (Phi) is 30.1. The van der Waals surface area contributed by atoms with Gasteiger partial charge in [0, 0.05) is 50.9 Å². The lowest BCUT2D eigenvalue weighted by atomic mass is 10.0. The summed E-state index contributed by atoms with van der Waals surface area (Å²) in [4.78, 5) is 78.0. The summed E-state index contributed by atoms with van der Waals surface area (Å²) in [5, 5.41) is 13.0. The van der Waals surface area contributed by atoms with E-state index in [1.165, 1.54) is 178 Å². The second-order valence-electron chi connectivity index (χ2n) is 24.9. The number of nitrogens with zero attached hydrogens (tertiary/aromatic N) is 5. The molecule has 12 rings (SSSR count). The molecule has 0 aliphatic rings. The van der Waals surface area contributed by atoms with E-state index >= 15 is 0 Å². The van der Waals surface area contributed by atoms with Crippen LogP contribution < -0.4 is 28.4 Å². The first-order chi connectivity index (χ1) is 56.0. The Morgan fingerprint density at radius 3 is 0.975 bits per heavy atom. The molecule has 25 nitrogen and oxygen atoms in total. The minimum atomic E-state index is -4.13. The molecule has 40 heteroatoms. The number of sulfonamides is 4. The van der Waals surface area contributed by atoms with Gasteiger partial charge in [0.05, 0.1) is 87.1 Å². The zero-order valence-electron chi connectivity index (χ0n) is 62.1. The largest absolute Gasteiger partial charge is 0.496 e. The Hall–Kier alpha value is -10.9. The normalized spacial score (nSPS) is 11.2. The third kappa shape index (κ3) is 22.4. The molecule has 0 aliphatic carbocycles. The van der Waals surface area contributed by atoms with Gasteiger partial charge in [-0.1, -0.05) is 123 Å². The summed E-state index contributed by atoms with van der Waals surface area (Å²) in [5.74, 6) is -5.90. The highest BCUT2D eigenvalue weighted by Crippen LogP contribution is 2.36. The van der Waals surface area contributed by atoms with Crippen LogP contribution >= 0.6 is 92.8 Å². The molecule has 0 bridgehead atoms. The van der Waals surface area contributed by atoms with Gasteiger partial charge in [-0.3, -0.25) is 53.2 Å². The lowest BCUT2D eigenvalue weighted by Gasteiger charge is -2.14. The average molecular weight is 1860 g/mol. The van der Waals surface area contributed by atoms with Gasteiger partial charge < -0.3 is 9.47 Å². The predicted molar refractivity (Wildman–Crippen MR) is 449 cm³/mol. The van der Waals surface area contributed by atoms with Crippen LogP contribution in [-0.2, 0) is 40.1 Å². The molecule has 0 spiro atoms. The Balaban J connectivity index is 0.000000181. The molecule has 119 heavy (non-hydrogen) atoms. The number of hydrogen-bond acceptors (Lipinski definition) is 20. The summed E-state index contributed by atoms with van der Waals surface area (Å²) in [6.07, 6.45) is 4.85. The highest BCUT2D eigenvalue weighted by Gasteiger charge is 2.32. The SMILES string of the molecule is COc1cccc(F)c1C(=O)c1ncc(C)cc1NS(=O)(=O)c1ccc(Cl)c(C)c1.COc1cccc(F)c1C(=O)c1ncc(Cl)cc1NS(=O)(=O)c1ccc(Cl)c(C)c1.Cc1cc(S(=O)(=O)Nc2cc(Cl)cnc2C(=O)c2c(F)cccc2Cl)ccc1Cl.Cc1cc(S(=O)(=O)Nc2cc(Cl)cnc2C(=O)c2ccccc2[N+](=O)[O-])ccc1Cl. The van der Waals surface area contributed by atoms with Crippen LogP contribution in [0.3, 0.4) is 0 Å². The summed E-state index contributed by atoms with van der Waals surface area (Å²) in [5.41, 5.74) is -0.939. The van der Waals surface area contributed by atoms with Crippen molar-refractivity contribution in [1.29, 1.82) is 0 Å². The number of carbonyl (C=O) groups excluding carboxylic acids is 4. The van der Waals surface area contributed by atoms with Crippen molar-refractivity contribution >= 4 is 184 Å². The molecule has 0 fully saturated rings. The molecule has 0 radical (unpaired) electrons. The molecular formula is C79H58Cl8F3N9O16S4. The minimum Gasteiger partial charge on any atom is -0.496 e. The number of hydrogen-bond donors (Lipinski definition) is 4. The number of benzene rings is 8. The maximum absolute atomic E-state index is 14.4. The lowest BCUT2D eigenvalue weighted by Crippen LogP contribution is -2.18. The molecule has 8 aromatic carbocycles. The number of nitro groups is 1. The molecule has 0 unspecified atom stereocenters. The predicted octanol–water partition coefficient (Wildman–Crippen LogP) is 19.6. The number of pyridine rings is 4. The van der Waals surface area contributed by atoms with Gasteiger partial charge >= 0.3 is 0 Å². The van der Waals surface area contributed by atoms with Gasteiger partial charge in [0.1, 0.15) is 68.4 Å². The fraction of sp³-hybridized carbons (Fsp3) is 0.0886. The molecule has 0 saturated carbocycles. The Morgan fingerprint density at radius 1 is 0.361 bits per heavy atom. The van der Waals surface area contributed by atoms with E-state index in [-0.39, 0.29) is 113 Å². The minimum absolute atomic E-state index is 0.0149. The molecule has 4 aromatic heterocycles. The summed E-state index contributed by atoms with van der Waals surface area (Å²) in [7, 11) is -13.8. The molecular weight excluding hydrogens is 1800 g/mol. The van der Waals surface area contributed by atoms with Crippen LogP contribution in [0.2, 0.25) is 40.2 Å². The molecule has 0 atom stereocenters. The highest BCUT2D eigenvalue weighted by molar-refractivity contribution is 7.93. The number of nitrogens with one attached hydrogen (secondary N) is 4. The lowest BCUT2D eigenvalue weighted by molar-refractivity contribution is -0.385. The van der Waals surface area contributed by atoms with Crippen molar-refractivity contribution < 1.29 is 80.4 Å². The number of nitro benzene ring substituents is 1.